The van der Waals surface area contributed by atoms with Crippen molar-refractivity contribution in [2.24, 2.45) is 0 Å². The van der Waals surface area contributed by atoms with Crippen molar-refractivity contribution in [3.63, 3.8) is 0 Å². The molecule has 3 nitrogen and oxygen atoms in total. The van der Waals surface area contributed by atoms with Gasteiger partial charge in [0.2, 0.25) is 0 Å². The highest BCUT2D eigenvalue weighted by Gasteiger charge is 2.14. The standard InChI is InChI=1S/C7H12N2OS/c1-8-11(2,10)7-5-3-4-6-9-7/h3-6,8,10H,1-2H3. The van der Waals surface area contributed by atoms with Crippen LogP contribution in [0.1, 0.15) is 0 Å². The summed E-state index contributed by atoms with van der Waals surface area (Å²) in [5.74, 6) is 0. The highest BCUT2D eigenvalue weighted by atomic mass is 32.3. The summed E-state index contributed by atoms with van der Waals surface area (Å²) in [5, 5.41) is 0.711. The molecule has 0 spiro atoms. The lowest BCUT2D eigenvalue weighted by Crippen LogP contribution is -2.14. The number of nitrogens with zero attached hydrogens (tertiary/aromatic N) is 1. The van der Waals surface area contributed by atoms with Crippen LogP contribution < -0.4 is 4.72 Å². The molecule has 0 fully saturated rings. The normalized spacial score (nSPS) is 18.8. The Morgan fingerprint density at radius 2 is 2.27 bits per heavy atom. The molecule has 0 bridgehead atoms. The van der Waals surface area contributed by atoms with Crippen molar-refractivity contribution in [2.75, 3.05) is 13.3 Å². The van der Waals surface area contributed by atoms with E-state index in [4.69, 9.17) is 0 Å². The number of nitrogens with one attached hydrogen (secondary N) is 1. The maximum Gasteiger partial charge on any atom is 0.114 e. The first-order chi connectivity index (χ1) is 5.17. The topological polar surface area (TPSA) is 45.1 Å². The van der Waals surface area contributed by atoms with Gasteiger partial charge in [-0.25, -0.2) is 4.98 Å². The molecular formula is C7H12N2OS. The van der Waals surface area contributed by atoms with E-state index in [1.807, 2.05) is 18.2 Å². The van der Waals surface area contributed by atoms with Crippen LogP contribution in [0.2, 0.25) is 0 Å². The van der Waals surface area contributed by atoms with Gasteiger partial charge in [0.1, 0.15) is 5.03 Å². The molecule has 1 rings (SSSR count). The Balaban J connectivity index is 2.93. The van der Waals surface area contributed by atoms with Gasteiger partial charge in [-0.1, -0.05) is 6.07 Å². The van der Waals surface area contributed by atoms with Crippen LogP contribution in [0.15, 0.2) is 29.4 Å². The molecule has 0 aliphatic carbocycles. The molecule has 0 saturated carbocycles. The van der Waals surface area contributed by atoms with Gasteiger partial charge < -0.3 is 4.55 Å². The van der Waals surface area contributed by atoms with Crippen LogP contribution in [0.5, 0.6) is 0 Å². The van der Waals surface area contributed by atoms with Crippen LogP contribution in [-0.4, -0.2) is 22.8 Å². The van der Waals surface area contributed by atoms with E-state index in [1.54, 1.807) is 19.5 Å². The summed E-state index contributed by atoms with van der Waals surface area (Å²) in [7, 11) is -0.133. The molecule has 0 aliphatic rings. The first kappa shape index (κ1) is 8.52. The van der Waals surface area contributed by atoms with E-state index in [9.17, 15) is 4.55 Å². The largest absolute Gasteiger partial charge is 0.333 e. The Kier molecular flexibility index (Phi) is 2.49. The van der Waals surface area contributed by atoms with Gasteiger partial charge in [0.05, 0.1) is 0 Å². The van der Waals surface area contributed by atoms with Gasteiger partial charge in [0.25, 0.3) is 0 Å². The molecule has 2 N–H and O–H groups in total. The van der Waals surface area contributed by atoms with Crippen LogP contribution in [0.3, 0.4) is 0 Å². The number of hydrogen-bond acceptors (Lipinski definition) is 3. The molecule has 4 heteroatoms. The molecular weight excluding hydrogens is 160 g/mol. The van der Waals surface area contributed by atoms with Crippen molar-refractivity contribution >= 4 is 10.5 Å². The molecule has 1 heterocycles. The van der Waals surface area contributed by atoms with Gasteiger partial charge in [-0.3, -0.25) is 4.72 Å². The minimum atomic E-state index is -1.86. The van der Waals surface area contributed by atoms with E-state index >= 15 is 0 Å². The molecule has 1 unspecified atom stereocenters. The molecule has 62 valence electrons. The van der Waals surface area contributed by atoms with Gasteiger partial charge in [0.15, 0.2) is 0 Å². The lowest BCUT2D eigenvalue weighted by molar-refractivity contribution is 0.616. The van der Waals surface area contributed by atoms with Gasteiger partial charge in [-0.15, -0.1) is 0 Å². The smallest absolute Gasteiger partial charge is 0.114 e. The zero-order chi connectivity index (χ0) is 8.32. The molecule has 0 aromatic carbocycles. The van der Waals surface area contributed by atoms with E-state index in [0.717, 1.165) is 0 Å². The molecule has 11 heavy (non-hydrogen) atoms. The quantitative estimate of drug-likeness (QED) is 0.710. The third-order valence-electron chi connectivity index (χ3n) is 1.44. The van der Waals surface area contributed by atoms with Crippen LogP contribution in [0.25, 0.3) is 0 Å². The predicted molar refractivity (Wildman–Crippen MR) is 47.7 cm³/mol. The van der Waals surface area contributed by atoms with E-state index in [2.05, 4.69) is 9.71 Å². The SMILES string of the molecule is CNS(C)(O)c1ccccn1. The van der Waals surface area contributed by atoms with Crippen LogP contribution in [0.4, 0.5) is 0 Å². The molecule has 0 radical (unpaired) electrons. The molecule has 0 saturated heterocycles. The minimum absolute atomic E-state index is 0.711. The molecule has 0 amide bonds. The van der Waals surface area contributed by atoms with Crippen molar-refractivity contribution in [2.45, 2.75) is 5.03 Å². The van der Waals surface area contributed by atoms with Crippen molar-refractivity contribution in [3.8, 4) is 0 Å². The third-order valence-corrected chi connectivity index (χ3v) is 3.29. The molecule has 0 aliphatic heterocycles. The highest BCUT2D eigenvalue weighted by Crippen LogP contribution is 2.41. The van der Waals surface area contributed by atoms with Crippen LogP contribution >= 0.6 is 10.5 Å². The predicted octanol–water partition coefficient (Wildman–Crippen LogP) is 1.48. The minimum Gasteiger partial charge on any atom is -0.333 e. The maximum atomic E-state index is 9.70. The zero-order valence-corrected chi connectivity index (χ0v) is 7.43. The first-order valence-corrected chi connectivity index (χ1v) is 5.27. The Morgan fingerprint density at radius 1 is 1.55 bits per heavy atom. The zero-order valence-electron chi connectivity index (χ0n) is 6.61. The second kappa shape index (κ2) is 3.21. The van der Waals surface area contributed by atoms with E-state index in [-0.39, 0.29) is 0 Å². The summed E-state index contributed by atoms with van der Waals surface area (Å²) in [4.78, 5) is 4.05. The van der Waals surface area contributed by atoms with Gasteiger partial charge >= 0.3 is 0 Å². The Bertz CT molecular complexity index is 225. The Morgan fingerprint density at radius 3 is 2.73 bits per heavy atom. The summed E-state index contributed by atoms with van der Waals surface area (Å²) in [5.41, 5.74) is 0. The average Bonchev–Trinajstić information content (AvgIpc) is 2.06. The van der Waals surface area contributed by atoms with Crippen molar-refractivity contribution < 1.29 is 4.55 Å². The van der Waals surface area contributed by atoms with E-state index < -0.39 is 10.5 Å². The highest BCUT2D eigenvalue weighted by molar-refractivity contribution is 8.26. The molecule has 1 atom stereocenters. The number of hydrogen-bond donors (Lipinski definition) is 2. The molecule has 1 aromatic rings. The molecule has 1 aromatic heterocycles. The van der Waals surface area contributed by atoms with Crippen molar-refractivity contribution in [3.05, 3.63) is 24.4 Å². The van der Waals surface area contributed by atoms with Crippen LogP contribution in [-0.2, 0) is 0 Å². The summed E-state index contributed by atoms with van der Waals surface area (Å²) in [6.07, 6.45) is 3.42. The lowest BCUT2D eigenvalue weighted by Gasteiger charge is -2.26. The summed E-state index contributed by atoms with van der Waals surface area (Å²) >= 11 is 0. The average molecular weight is 172 g/mol. The monoisotopic (exact) mass is 172 g/mol. The van der Waals surface area contributed by atoms with E-state index in [1.165, 1.54) is 0 Å². The van der Waals surface area contributed by atoms with Gasteiger partial charge in [0, 0.05) is 12.5 Å². The summed E-state index contributed by atoms with van der Waals surface area (Å²) < 4.78 is 12.5. The third kappa shape index (κ3) is 1.92. The van der Waals surface area contributed by atoms with Gasteiger partial charge in [-0.2, -0.15) is 0 Å². The Labute approximate surface area is 68.1 Å². The number of pyridine rings is 1. The van der Waals surface area contributed by atoms with Gasteiger partial charge in [-0.05, 0) is 29.7 Å². The fourth-order valence-corrected chi connectivity index (χ4v) is 1.51. The number of aromatic nitrogens is 1. The first-order valence-electron chi connectivity index (χ1n) is 3.27. The lowest BCUT2D eigenvalue weighted by atomic mass is 10.5. The maximum absolute atomic E-state index is 9.70. The second-order valence-electron chi connectivity index (χ2n) is 2.25. The summed E-state index contributed by atoms with van der Waals surface area (Å²) in [6.45, 7) is 0. The fourth-order valence-electron chi connectivity index (χ4n) is 0.687. The fraction of sp³-hybridized carbons (Fsp3) is 0.286. The van der Waals surface area contributed by atoms with Crippen molar-refractivity contribution in [1.29, 1.82) is 0 Å². The number of rotatable bonds is 2. The second-order valence-corrected chi connectivity index (χ2v) is 4.83. The summed E-state index contributed by atoms with van der Waals surface area (Å²) in [6, 6.07) is 5.50. The van der Waals surface area contributed by atoms with Crippen LogP contribution in [0, 0.1) is 0 Å². The van der Waals surface area contributed by atoms with Crippen molar-refractivity contribution in [1.82, 2.24) is 9.71 Å². The van der Waals surface area contributed by atoms with E-state index in [0.29, 0.717) is 5.03 Å². The Hall–Kier alpha value is -0.580.